The summed E-state index contributed by atoms with van der Waals surface area (Å²) in [4.78, 5) is -0.334. The number of rotatable bonds is 12. The first kappa shape index (κ1) is 40.5. The van der Waals surface area contributed by atoms with E-state index in [9.17, 15) is 23.2 Å². The lowest BCUT2D eigenvalue weighted by Crippen LogP contribution is -1.99. The van der Waals surface area contributed by atoms with Gasteiger partial charge in [-0.25, -0.2) is 0 Å². The van der Waals surface area contributed by atoms with Crippen LogP contribution in [0, 0.1) is 20.8 Å². The standard InChI is InChI=1S/C44H38N10O5S/c1-26-20-34(14-18-36(26)49-47-33-15-19-37(27(2)21-33)50-51-38-6-4-5-7-43(38)60(57,58)59)48-53-40-24-42(55)41(22-28(40)3)54-52-39-17-10-30-23-32(13-16-35(30)44(39)56)46-25-29-8-11-31(45)12-9-29/h4-24,46,55-56H,25,45H2,1-3H3,(H,57,58,59). The number of nitrogen functional groups attached to an aromatic ring is 1. The molecule has 6 N–H and O–H groups in total. The van der Waals surface area contributed by atoms with Crippen LogP contribution in [0.5, 0.6) is 11.5 Å². The van der Waals surface area contributed by atoms with E-state index >= 15 is 0 Å². The van der Waals surface area contributed by atoms with Crippen LogP contribution in [0.25, 0.3) is 10.8 Å². The van der Waals surface area contributed by atoms with Crippen LogP contribution in [0.2, 0.25) is 0 Å². The van der Waals surface area contributed by atoms with Crippen molar-refractivity contribution in [3.05, 3.63) is 150 Å². The average Bonchev–Trinajstić information content (AvgIpc) is 3.22. The van der Waals surface area contributed by atoms with Crippen molar-refractivity contribution in [1.82, 2.24) is 0 Å². The van der Waals surface area contributed by atoms with E-state index in [4.69, 9.17) is 5.73 Å². The molecule has 0 saturated carbocycles. The number of nitrogens with two attached hydrogens (primary N) is 1. The van der Waals surface area contributed by atoms with E-state index in [0.717, 1.165) is 27.8 Å². The third kappa shape index (κ3) is 9.70. The van der Waals surface area contributed by atoms with E-state index < -0.39 is 10.1 Å². The Morgan fingerprint density at radius 3 is 1.78 bits per heavy atom. The van der Waals surface area contributed by atoms with Gasteiger partial charge in [0.25, 0.3) is 10.1 Å². The number of aryl methyl sites for hydroxylation is 3. The molecule has 0 aromatic heterocycles. The molecule has 0 bridgehead atoms. The maximum absolute atomic E-state index is 11.7. The van der Waals surface area contributed by atoms with E-state index in [1.807, 2.05) is 75.4 Å². The van der Waals surface area contributed by atoms with Crippen molar-refractivity contribution in [2.75, 3.05) is 11.1 Å². The Kier molecular flexibility index (Phi) is 11.8. The van der Waals surface area contributed by atoms with Gasteiger partial charge >= 0.3 is 0 Å². The molecule has 0 radical (unpaired) electrons. The summed E-state index contributed by atoms with van der Waals surface area (Å²) >= 11 is 0. The van der Waals surface area contributed by atoms with Gasteiger partial charge < -0.3 is 21.3 Å². The number of nitrogens with one attached hydrogen (secondary N) is 1. The molecule has 0 aliphatic heterocycles. The zero-order chi connectivity index (χ0) is 42.4. The second-order valence-electron chi connectivity index (χ2n) is 13.8. The summed E-state index contributed by atoms with van der Waals surface area (Å²) in [5, 5.41) is 60.7. The maximum Gasteiger partial charge on any atom is 0.296 e. The molecule has 0 heterocycles. The highest BCUT2D eigenvalue weighted by molar-refractivity contribution is 7.86. The minimum Gasteiger partial charge on any atom is -0.506 e. The Morgan fingerprint density at radius 1 is 0.550 bits per heavy atom. The normalized spacial score (nSPS) is 12.1. The fourth-order valence-electron chi connectivity index (χ4n) is 6.01. The van der Waals surface area contributed by atoms with Crippen LogP contribution in [0.1, 0.15) is 22.3 Å². The topological polar surface area (TPSA) is 232 Å². The van der Waals surface area contributed by atoms with Gasteiger partial charge in [-0.2, -0.15) is 34.0 Å². The molecule has 0 saturated heterocycles. The summed E-state index contributed by atoms with van der Waals surface area (Å²) in [5.74, 6) is -0.184. The highest BCUT2D eigenvalue weighted by Gasteiger charge is 2.15. The van der Waals surface area contributed by atoms with Crippen LogP contribution in [0.15, 0.2) is 173 Å². The summed E-state index contributed by atoms with van der Waals surface area (Å²) in [6, 6.07) is 36.2. The zero-order valence-electron chi connectivity index (χ0n) is 32.6. The van der Waals surface area contributed by atoms with Crippen LogP contribution in [0.4, 0.5) is 56.9 Å². The minimum atomic E-state index is -4.45. The van der Waals surface area contributed by atoms with Gasteiger partial charge in [-0.15, -0.1) is 15.3 Å². The summed E-state index contributed by atoms with van der Waals surface area (Å²) in [6.07, 6.45) is 0. The summed E-state index contributed by atoms with van der Waals surface area (Å²) in [7, 11) is -4.45. The number of benzene rings is 7. The predicted molar refractivity (Wildman–Crippen MR) is 232 cm³/mol. The van der Waals surface area contributed by atoms with Gasteiger partial charge in [0, 0.05) is 29.4 Å². The molecule has 0 amide bonds. The lowest BCUT2D eigenvalue weighted by atomic mass is 10.1. The van der Waals surface area contributed by atoms with Crippen molar-refractivity contribution < 1.29 is 23.2 Å². The maximum atomic E-state index is 11.7. The van der Waals surface area contributed by atoms with Crippen molar-refractivity contribution in [2.24, 2.45) is 40.9 Å². The molecule has 15 nitrogen and oxygen atoms in total. The predicted octanol–water partition coefficient (Wildman–Crippen LogP) is 13.3. The second-order valence-corrected chi connectivity index (χ2v) is 15.2. The monoisotopic (exact) mass is 818 g/mol. The average molecular weight is 819 g/mol. The SMILES string of the molecule is Cc1cc(N=Nc2cc(O)c(N=Nc3ccc4cc(NCc5ccc(N)cc5)ccc4c3O)cc2C)ccc1N=Nc1ccc(N=Nc2ccccc2S(=O)(=O)O)c(C)c1. The highest BCUT2D eigenvalue weighted by Crippen LogP contribution is 2.40. The lowest BCUT2D eigenvalue weighted by molar-refractivity contribution is 0.475. The molecular weight excluding hydrogens is 781 g/mol. The number of hydrogen-bond acceptors (Lipinski definition) is 14. The van der Waals surface area contributed by atoms with Gasteiger partial charge in [0.1, 0.15) is 27.7 Å². The first-order valence-electron chi connectivity index (χ1n) is 18.4. The van der Waals surface area contributed by atoms with Gasteiger partial charge in [-0.1, -0.05) is 30.3 Å². The number of azo groups is 4. The van der Waals surface area contributed by atoms with E-state index in [1.165, 1.54) is 24.3 Å². The quantitative estimate of drug-likeness (QED) is 0.0454. The van der Waals surface area contributed by atoms with Crippen molar-refractivity contribution in [2.45, 2.75) is 32.2 Å². The molecule has 0 atom stereocenters. The molecule has 0 aliphatic carbocycles. The molecule has 0 fully saturated rings. The molecule has 0 spiro atoms. The summed E-state index contributed by atoms with van der Waals surface area (Å²) < 4.78 is 32.8. The Balaban J connectivity index is 0.985. The molecule has 60 heavy (non-hydrogen) atoms. The van der Waals surface area contributed by atoms with E-state index in [2.05, 4.69) is 46.2 Å². The summed E-state index contributed by atoms with van der Waals surface area (Å²) in [5.41, 5.74) is 13.8. The first-order chi connectivity index (χ1) is 28.8. The van der Waals surface area contributed by atoms with Crippen LogP contribution in [-0.4, -0.2) is 23.2 Å². The fraction of sp³-hybridized carbons (Fsp3) is 0.0909. The lowest BCUT2D eigenvalue weighted by Gasteiger charge is -2.10. The van der Waals surface area contributed by atoms with Crippen molar-refractivity contribution >= 4 is 77.8 Å². The van der Waals surface area contributed by atoms with Crippen molar-refractivity contribution in [1.29, 1.82) is 0 Å². The van der Waals surface area contributed by atoms with Crippen LogP contribution in [-0.2, 0) is 16.7 Å². The number of phenols is 2. The number of aromatic hydroxyl groups is 2. The zero-order valence-corrected chi connectivity index (χ0v) is 33.4. The van der Waals surface area contributed by atoms with Crippen LogP contribution in [0.3, 0.4) is 0 Å². The van der Waals surface area contributed by atoms with E-state index in [-0.39, 0.29) is 33.5 Å². The number of hydrogen-bond donors (Lipinski definition) is 5. The third-order valence-electron chi connectivity index (χ3n) is 9.32. The largest absolute Gasteiger partial charge is 0.506 e. The van der Waals surface area contributed by atoms with Crippen LogP contribution < -0.4 is 11.1 Å². The molecule has 7 rings (SSSR count). The Hall–Kier alpha value is -7.69. The molecule has 7 aromatic carbocycles. The second kappa shape index (κ2) is 17.4. The van der Waals surface area contributed by atoms with Crippen LogP contribution >= 0.6 is 0 Å². The number of anilines is 2. The van der Waals surface area contributed by atoms with E-state index in [0.29, 0.717) is 51.6 Å². The van der Waals surface area contributed by atoms with Gasteiger partial charge in [0.2, 0.25) is 0 Å². The fourth-order valence-corrected chi connectivity index (χ4v) is 6.64. The van der Waals surface area contributed by atoms with Gasteiger partial charge in [-0.05, 0) is 139 Å². The van der Waals surface area contributed by atoms with Gasteiger partial charge in [-0.3, -0.25) is 4.55 Å². The number of fused-ring (bicyclic) bond motifs is 1. The summed E-state index contributed by atoms with van der Waals surface area (Å²) in [6.45, 7) is 6.11. The third-order valence-corrected chi connectivity index (χ3v) is 10.2. The molecule has 0 unspecified atom stereocenters. The van der Waals surface area contributed by atoms with Gasteiger partial charge in [0.05, 0.1) is 28.4 Å². The first-order valence-corrected chi connectivity index (χ1v) is 19.9. The van der Waals surface area contributed by atoms with Crippen molar-refractivity contribution in [3.63, 3.8) is 0 Å². The molecule has 300 valence electrons. The molecule has 7 aromatic rings. The molecule has 16 heteroatoms. The highest BCUT2D eigenvalue weighted by atomic mass is 32.2. The Bertz CT molecular complexity index is 2990. The van der Waals surface area contributed by atoms with Crippen molar-refractivity contribution in [3.8, 4) is 11.5 Å². The molecule has 0 aliphatic rings. The van der Waals surface area contributed by atoms with Gasteiger partial charge in [0.15, 0.2) is 5.75 Å². The smallest absolute Gasteiger partial charge is 0.296 e. The number of nitrogens with zero attached hydrogens (tertiary/aromatic N) is 8. The van der Waals surface area contributed by atoms with E-state index in [1.54, 1.807) is 48.5 Å². The number of phenolic OH excluding ortho intramolecular Hbond substituents is 2. The Morgan fingerprint density at radius 2 is 1.12 bits per heavy atom. The Labute approximate surface area is 345 Å². The minimum absolute atomic E-state index is 0.0159. The molecular formula is C44H38N10O5S.